The summed E-state index contributed by atoms with van der Waals surface area (Å²) in [4.78, 5) is 38.8. The van der Waals surface area contributed by atoms with E-state index in [0.29, 0.717) is 26.4 Å². The molecule has 11 heteroatoms. The van der Waals surface area contributed by atoms with Gasteiger partial charge < -0.3 is 39.2 Å². The molecule has 1 heterocycles. The Morgan fingerprint density at radius 3 is 2.42 bits per heavy atom. The number of piperidine rings is 1. The van der Waals surface area contributed by atoms with Crippen LogP contribution in [0.3, 0.4) is 0 Å². The van der Waals surface area contributed by atoms with E-state index in [2.05, 4.69) is 10.2 Å². The summed E-state index contributed by atoms with van der Waals surface area (Å²) >= 11 is 0. The zero-order valence-electron chi connectivity index (χ0n) is 22.9. The van der Waals surface area contributed by atoms with Crippen LogP contribution in [0.1, 0.15) is 45.6 Å². The second kappa shape index (κ2) is 16.8. The number of nitrogens with zero attached hydrogens (tertiary/aromatic N) is 2. The summed E-state index contributed by atoms with van der Waals surface area (Å²) in [6.45, 7) is 10.2. The van der Waals surface area contributed by atoms with Gasteiger partial charge in [-0.25, -0.2) is 9.59 Å². The number of carboxylic acids is 1. The molecule has 0 aromatic heterocycles. The van der Waals surface area contributed by atoms with Gasteiger partial charge in [0.05, 0.1) is 32.3 Å². The van der Waals surface area contributed by atoms with Gasteiger partial charge in [0.25, 0.3) is 0 Å². The first-order valence-corrected chi connectivity index (χ1v) is 13.2. The SMILES string of the molecule is CC(C)(C)OC(=O)N(CCOC1CCN(CCOCCNC(=O)OCc2ccccc2)CC1)CCC(=O)O. The number of aliphatic carboxylic acids is 1. The highest BCUT2D eigenvalue weighted by Crippen LogP contribution is 2.14. The van der Waals surface area contributed by atoms with Crippen LogP contribution in [-0.4, -0.2) is 104 Å². The van der Waals surface area contributed by atoms with Crippen LogP contribution in [0, 0.1) is 0 Å². The molecule has 1 aliphatic rings. The van der Waals surface area contributed by atoms with Crippen molar-refractivity contribution >= 4 is 18.2 Å². The van der Waals surface area contributed by atoms with Crippen LogP contribution in [0.5, 0.6) is 0 Å². The standard InChI is InChI=1S/C27H43N3O8/c1-27(2,3)38-26(34)30(15-11-24(31)32)17-20-36-23-9-13-29(14-10-23)16-19-35-18-12-28-25(33)37-21-22-7-5-4-6-8-22/h4-8,23H,9-21H2,1-3H3,(H,28,33)(H,31,32). The van der Waals surface area contributed by atoms with E-state index in [1.807, 2.05) is 30.3 Å². The Morgan fingerprint density at radius 2 is 1.76 bits per heavy atom. The van der Waals surface area contributed by atoms with Gasteiger partial charge in [0.1, 0.15) is 12.2 Å². The minimum Gasteiger partial charge on any atom is -0.481 e. The number of carboxylic acid groups (broad SMARTS) is 1. The minimum atomic E-state index is -0.964. The number of amides is 2. The van der Waals surface area contributed by atoms with Gasteiger partial charge in [0, 0.05) is 39.3 Å². The second-order valence-corrected chi connectivity index (χ2v) is 10.1. The molecule has 1 aromatic rings. The van der Waals surface area contributed by atoms with Gasteiger partial charge in [0.15, 0.2) is 0 Å². The van der Waals surface area contributed by atoms with Crippen LogP contribution in [0.4, 0.5) is 9.59 Å². The number of likely N-dealkylation sites (tertiary alicyclic amines) is 1. The lowest BCUT2D eigenvalue weighted by Gasteiger charge is -2.32. The minimum absolute atomic E-state index is 0.0798. The summed E-state index contributed by atoms with van der Waals surface area (Å²) in [7, 11) is 0. The fourth-order valence-corrected chi connectivity index (χ4v) is 3.78. The highest BCUT2D eigenvalue weighted by atomic mass is 16.6. The van der Waals surface area contributed by atoms with Gasteiger partial charge in [-0.15, -0.1) is 0 Å². The molecule has 1 saturated heterocycles. The number of nitrogens with one attached hydrogen (secondary N) is 1. The molecule has 2 amide bonds. The van der Waals surface area contributed by atoms with Crippen LogP contribution in [0.2, 0.25) is 0 Å². The molecule has 1 aromatic carbocycles. The highest BCUT2D eigenvalue weighted by molar-refractivity contribution is 5.71. The van der Waals surface area contributed by atoms with Crippen molar-refractivity contribution < 1.29 is 38.4 Å². The summed E-state index contributed by atoms with van der Waals surface area (Å²) in [6.07, 6.45) is 0.700. The third-order valence-corrected chi connectivity index (χ3v) is 5.78. The van der Waals surface area contributed by atoms with E-state index in [1.54, 1.807) is 20.8 Å². The molecular weight excluding hydrogens is 494 g/mol. The zero-order chi connectivity index (χ0) is 27.8. The van der Waals surface area contributed by atoms with E-state index in [1.165, 1.54) is 4.90 Å². The number of alkyl carbamates (subject to hydrolysis) is 1. The number of hydrogen-bond acceptors (Lipinski definition) is 8. The predicted octanol–water partition coefficient (Wildman–Crippen LogP) is 3.12. The predicted molar refractivity (Wildman–Crippen MR) is 141 cm³/mol. The Hall–Kier alpha value is -2.89. The van der Waals surface area contributed by atoms with Crippen molar-refractivity contribution in [1.82, 2.24) is 15.1 Å². The number of rotatable bonds is 15. The third kappa shape index (κ3) is 14.2. The molecule has 214 valence electrons. The maximum atomic E-state index is 12.4. The van der Waals surface area contributed by atoms with Crippen molar-refractivity contribution in [2.75, 3.05) is 59.1 Å². The van der Waals surface area contributed by atoms with Crippen molar-refractivity contribution in [2.45, 2.75) is 58.3 Å². The smallest absolute Gasteiger partial charge is 0.410 e. The van der Waals surface area contributed by atoms with Crippen molar-refractivity contribution in [2.24, 2.45) is 0 Å². The van der Waals surface area contributed by atoms with Gasteiger partial charge >= 0.3 is 18.2 Å². The van der Waals surface area contributed by atoms with Gasteiger partial charge in [-0.1, -0.05) is 30.3 Å². The fraction of sp³-hybridized carbons (Fsp3) is 0.667. The van der Waals surface area contributed by atoms with Crippen molar-refractivity contribution in [3.05, 3.63) is 35.9 Å². The summed E-state index contributed by atoms with van der Waals surface area (Å²) in [5, 5.41) is 11.6. The molecule has 0 bridgehead atoms. The van der Waals surface area contributed by atoms with Crippen LogP contribution in [0.15, 0.2) is 30.3 Å². The Bertz CT molecular complexity index is 838. The number of benzene rings is 1. The topological polar surface area (TPSA) is 127 Å². The van der Waals surface area contributed by atoms with Crippen molar-refractivity contribution in [3.8, 4) is 0 Å². The first-order chi connectivity index (χ1) is 18.1. The summed E-state index contributed by atoms with van der Waals surface area (Å²) < 4.78 is 22.1. The molecular formula is C27H43N3O8. The van der Waals surface area contributed by atoms with E-state index in [9.17, 15) is 14.4 Å². The molecule has 1 fully saturated rings. The Morgan fingerprint density at radius 1 is 1.05 bits per heavy atom. The maximum absolute atomic E-state index is 12.4. The van der Waals surface area contributed by atoms with E-state index >= 15 is 0 Å². The van der Waals surface area contributed by atoms with Crippen LogP contribution in [0.25, 0.3) is 0 Å². The molecule has 0 radical (unpaired) electrons. The lowest BCUT2D eigenvalue weighted by atomic mass is 10.1. The Balaban J connectivity index is 1.52. The molecule has 11 nitrogen and oxygen atoms in total. The van der Waals surface area contributed by atoms with Crippen LogP contribution in [-0.2, 0) is 30.3 Å². The van der Waals surface area contributed by atoms with E-state index < -0.39 is 23.8 Å². The van der Waals surface area contributed by atoms with Crippen molar-refractivity contribution in [3.63, 3.8) is 0 Å². The molecule has 0 aliphatic carbocycles. The Labute approximate surface area is 225 Å². The third-order valence-electron chi connectivity index (χ3n) is 5.78. The number of hydrogen-bond donors (Lipinski definition) is 2. The second-order valence-electron chi connectivity index (χ2n) is 10.1. The summed E-state index contributed by atoms with van der Waals surface area (Å²) in [5.74, 6) is -0.964. The summed E-state index contributed by atoms with van der Waals surface area (Å²) in [6, 6.07) is 9.51. The average Bonchev–Trinajstić information content (AvgIpc) is 2.87. The van der Waals surface area contributed by atoms with E-state index in [-0.39, 0.29) is 32.2 Å². The lowest BCUT2D eigenvalue weighted by Crippen LogP contribution is -2.42. The van der Waals surface area contributed by atoms with Crippen LogP contribution >= 0.6 is 0 Å². The first-order valence-electron chi connectivity index (χ1n) is 13.2. The molecule has 1 aliphatic heterocycles. The molecule has 0 saturated carbocycles. The lowest BCUT2D eigenvalue weighted by molar-refractivity contribution is -0.137. The molecule has 0 spiro atoms. The molecule has 2 N–H and O–H groups in total. The molecule has 0 unspecified atom stereocenters. The van der Waals surface area contributed by atoms with Gasteiger partial charge in [-0.05, 0) is 39.2 Å². The fourth-order valence-electron chi connectivity index (χ4n) is 3.78. The molecule has 38 heavy (non-hydrogen) atoms. The quantitative estimate of drug-likeness (QED) is 0.324. The zero-order valence-corrected chi connectivity index (χ0v) is 22.9. The first kappa shape index (κ1) is 31.3. The average molecular weight is 538 g/mol. The molecule has 0 atom stereocenters. The van der Waals surface area contributed by atoms with E-state index in [0.717, 1.165) is 38.0 Å². The maximum Gasteiger partial charge on any atom is 0.410 e. The number of carbonyl (C=O) groups excluding carboxylic acids is 2. The molecule has 2 rings (SSSR count). The monoisotopic (exact) mass is 537 g/mol. The van der Waals surface area contributed by atoms with Crippen molar-refractivity contribution in [1.29, 1.82) is 0 Å². The van der Waals surface area contributed by atoms with Gasteiger partial charge in [0.2, 0.25) is 0 Å². The number of carbonyl (C=O) groups is 3. The van der Waals surface area contributed by atoms with Gasteiger partial charge in [-0.3, -0.25) is 4.79 Å². The van der Waals surface area contributed by atoms with Gasteiger partial charge in [-0.2, -0.15) is 0 Å². The number of ether oxygens (including phenoxy) is 4. The summed E-state index contributed by atoms with van der Waals surface area (Å²) in [5.41, 5.74) is 0.285. The van der Waals surface area contributed by atoms with E-state index in [4.69, 9.17) is 24.1 Å². The Kier molecular flexibility index (Phi) is 13.9. The van der Waals surface area contributed by atoms with Crippen LogP contribution < -0.4 is 5.32 Å². The highest BCUT2D eigenvalue weighted by Gasteiger charge is 2.24. The largest absolute Gasteiger partial charge is 0.481 e. The normalized spacial score (nSPS) is 14.6.